The maximum atomic E-state index is 5.94. The Labute approximate surface area is 84.1 Å². The summed E-state index contributed by atoms with van der Waals surface area (Å²) in [6.07, 6.45) is 1.20. The topological polar surface area (TPSA) is 12.0 Å². The van der Waals surface area contributed by atoms with E-state index in [2.05, 4.69) is 24.4 Å². The number of nitrogens with one attached hydrogen (secondary N) is 1. The van der Waals surface area contributed by atoms with E-state index >= 15 is 0 Å². The fraction of sp³-hybridized carbons (Fsp3) is 0.455. The van der Waals surface area contributed by atoms with Gasteiger partial charge in [-0.1, -0.05) is 24.6 Å². The lowest BCUT2D eigenvalue weighted by molar-refractivity contribution is 0.530. The first-order valence-corrected chi connectivity index (χ1v) is 5.18. The van der Waals surface area contributed by atoms with Crippen LogP contribution in [0.15, 0.2) is 18.2 Å². The summed E-state index contributed by atoms with van der Waals surface area (Å²) >= 11 is 5.94. The average molecular weight is 196 g/mol. The van der Waals surface area contributed by atoms with Gasteiger partial charge in [-0.25, -0.2) is 0 Å². The number of hydrogen-bond acceptors (Lipinski definition) is 1. The molecule has 1 aromatic carbocycles. The van der Waals surface area contributed by atoms with E-state index in [1.807, 2.05) is 6.07 Å². The van der Waals surface area contributed by atoms with E-state index in [-0.39, 0.29) is 0 Å². The van der Waals surface area contributed by atoms with Crippen LogP contribution in [-0.4, -0.2) is 6.54 Å². The van der Waals surface area contributed by atoms with E-state index in [4.69, 9.17) is 11.6 Å². The Morgan fingerprint density at radius 3 is 3.15 bits per heavy atom. The van der Waals surface area contributed by atoms with Crippen LogP contribution in [0.5, 0.6) is 0 Å². The molecule has 0 bridgehead atoms. The second-order valence-corrected chi connectivity index (χ2v) is 4.02. The summed E-state index contributed by atoms with van der Waals surface area (Å²) in [7, 11) is 0. The van der Waals surface area contributed by atoms with Gasteiger partial charge in [0.15, 0.2) is 0 Å². The Hall–Kier alpha value is -0.530. The molecule has 0 fully saturated rings. The van der Waals surface area contributed by atoms with Crippen molar-refractivity contribution in [3.63, 3.8) is 0 Å². The van der Waals surface area contributed by atoms with Crippen LogP contribution in [0.2, 0.25) is 5.02 Å². The van der Waals surface area contributed by atoms with Gasteiger partial charge in [0.05, 0.1) is 0 Å². The van der Waals surface area contributed by atoms with Crippen molar-refractivity contribution in [2.75, 3.05) is 6.54 Å². The molecule has 1 aromatic rings. The van der Waals surface area contributed by atoms with Gasteiger partial charge in [-0.15, -0.1) is 0 Å². The zero-order valence-corrected chi connectivity index (χ0v) is 8.56. The maximum Gasteiger partial charge on any atom is 0.0409 e. The minimum Gasteiger partial charge on any atom is -0.312 e. The number of fused-ring (bicyclic) bond motifs is 1. The Morgan fingerprint density at radius 1 is 1.54 bits per heavy atom. The molecular formula is C11H14ClN. The van der Waals surface area contributed by atoms with Crippen LogP contribution in [0.3, 0.4) is 0 Å². The first kappa shape index (κ1) is 9.04. The van der Waals surface area contributed by atoms with Crippen molar-refractivity contribution in [1.82, 2.24) is 5.32 Å². The molecule has 1 aliphatic rings. The van der Waals surface area contributed by atoms with Gasteiger partial charge in [-0.05, 0) is 35.6 Å². The fourth-order valence-corrected chi connectivity index (χ4v) is 2.18. The molecule has 1 N–H and O–H groups in total. The highest BCUT2D eigenvalue weighted by molar-refractivity contribution is 6.30. The number of rotatable bonds is 1. The fourth-order valence-electron chi connectivity index (χ4n) is 1.98. The molecule has 13 heavy (non-hydrogen) atoms. The van der Waals surface area contributed by atoms with E-state index in [1.165, 1.54) is 17.5 Å². The zero-order chi connectivity index (χ0) is 9.26. The molecule has 0 radical (unpaired) electrons. The van der Waals surface area contributed by atoms with Crippen LogP contribution >= 0.6 is 11.6 Å². The van der Waals surface area contributed by atoms with E-state index in [1.54, 1.807) is 0 Å². The summed E-state index contributed by atoms with van der Waals surface area (Å²) < 4.78 is 0. The van der Waals surface area contributed by atoms with Gasteiger partial charge in [0.25, 0.3) is 0 Å². The predicted octanol–water partition coefficient (Wildman–Crippen LogP) is 2.94. The molecule has 0 aromatic heterocycles. The lowest BCUT2D eigenvalue weighted by Gasteiger charge is -2.25. The Kier molecular flexibility index (Phi) is 2.56. The van der Waals surface area contributed by atoms with E-state index in [0.29, 0.717) is 5.92 Å². The maximum absolute atomic E-state index is 5.94. The van der Waals surface area contributed by atoms with Crippen molar-refractivity contribution in [1.29, 1.82) is 0 Å². The third kappa shape index (κ3) is 1.72. The van der Waals surface area contributed by atoms with Crippen LogP contribution in [0.1, 0.15) is 30.4 Å². The minimum absolute atomic E-state index is 0.668. The normalized spacial score (nSPS) is 21.2. The van der Waals surface area contributed by atoms with Crippen LogP contribution in [0, 0.1) is 0 Å². The number of hydrogen-bond donors (Lipinski definition) is 1. The first-order valence-electron chi connectivity index (χ1n) is 4.80. The minimum atomic E-state index is 0.668. The van der Waals surface area contributed by atoms with Gasteiger partial charge in [0.2, 0.25) is 0 Å². The smallest absolute Gasteiger partial charge is 0.0409 e. The van der Waals surface area contributed by atoms with Crippen LogP contribution in [-0.2, 0) is 6.54 Å². The molecule has 0 saturated carbocycles. The largest absolute Gasteiger partial charge is 0.312 e. The van der Waals surface area contributed by atoms with Gasteiger partial charge >= 0.3 is 0 Å². The van der Waals surface area contributed by atoms with E-state index < -0.39 is 0 Å². The van der Waals surface area contributed by atoms with Crippen molar-refractivity contribution in [2.24, 2.45) is 0 Å². The highest BCUT2D eigenvalue weighted by Crippen LogP contribution is 2.28. The van der Waals surface area contributed by atoms with Crippen molar-refractivity contribution in [2.45, 2.75) is 25.8 Å². The Bertz CT molecular complexity index is 309. The van der Waals surface area contributed by atoms with Gasteiger partial charge in [-0.2, -0.15) is 0 Å². The highest BCUT2D eigenvalue weighted by atomic mass is 35.5. The zero-order valence-electron chi connectivity index (χ0n) is 7.81. The lowest BCUT2D eigenvalue weighted by Crippen LogP contribution is -2.27. The van der Waals surface area contributed by atoms with Crippen molar-refractivity contribution >= 4 is 11.6 Å². The molecule has 1 aliphatic heterocycles. The molecule has 2 heteroatoms. The first-order chi connectivity index (χ1) is 6.31. The van der Waals surface area contributed by atoms with Crippen LogP contribution < -0.4 is 5.32 Å². The monoisotopic (exact) mass is 195 g/mol. The van der Waals surface area contributed by atoms with Crippen molar-refractivity contribution < 1.29 is 0 Å². The standard InChI is InChI=1S/C11H14ClN/c1-2-8-6-13-7-9-5-10(12)3-4-11(8)9/h3-5,8,13H,2,6-7H2,1H3. The summed E-state index contributed by atoms with van der Waals surface area (Å²) in [5.41, 5.74) is 2.84. The molecule has 0 aliphatic carbocycles. The van der Waals surface area contributed by atoms with Crippen LogP contribution in [0.4, 0.5) is 0 Å². The molecule has 0 amide bonds. The summed E-state index contributed by atoms with van der Waals surface area (Å²) in [5.74, 6) is 0.668. The van der Waals surface area contributed by atoms with Gasteiger partial charge in [0, 0.05) is 18.1 Å². The molecule has 1 atom stereocenters. The molecule has 1 heterocycles. The molecule has 0 spiro atoms. The predicted molar refractivity (Wildman–Crippen MR) is 56.2 cm³/mol. The SMILES string of the molecule is CCC1CNCc2cc(Cl)ccc21. The van der Waals surface area contributed by atoms with Crippen molar-refractivity contribution in [3.05, 3.63) is 34.3 Å². The van der Waals surface area contributed by atoms with Crippen molar-refractivity contribution in [3.8, 4) is 0 Å². The molecule has 70 valence electrons. The summed E-state index contributed by atoms with van der Waals surface area (Å²) in [5, 5.41) is 4.26. The quantitative estimate of drug-likeness (QED) is 0.727. The second-order valence-electron chi connectivity index (χ2n) is 3.58. The molecule has 0 saturated heterocycles. The summed E-state index contributed by atoms with van der Waals surface area (Å²) in [6, 6.07) is 6.24. The summed E-state index contributed by atoms with van der Waals surface area (Å²) in [4.78, 5) is 0. The van der Waals surface area contributed by atoms with Gasteiger partial charge in [0.1, 0.15) is 0 Å². The highest BCUT2D eigenvalue weighted by Gasteiger charge is 2.17. The van der Waals surface area contributed by atoms with E-state index in [0.717, 1.165) is 18.1 Å². The second kappa shape index (κ2) is 3.69. The van der Waals surface area contributed by atoms with Gasteiger partial charge < -0.3 is 5.32 Å². The molecular weight excluding hydrogens is 182 g/mol. The summed E-state index contributed by atoms with van der Waals surface area (Å²) in [6.45, 7) is 4.30. The van der Waals surface area contributed by atoms with Gasteiger partial charge in [-0.3, -0.25) is 0 Å². The molecule has 1 nitrogen and oxygen atoms in total. The third-order valence-electron chi connectivity index (χ3n) is 2.74. The molecule has 1 unspecified atom stereocenters. The number of benzene rings is 1. The third-order valence-corrected chi connectivity index (χ3v) is 2.98. The Balaban J connectivity index is 2.40. The Morgan fingerprint density at radius 2 is 2.38 bits per heavy atom. The molecule has 2 rings (SSSR count). The lowest BCUT2D eigenvalue weighted by atomic mass is 9.89. The van der Waals surface area contributed by atoms with Crippen LogP contribution in [0.25, 0.3) is 0 Å². The average Bonchev–Trinajstić information content (AvgIpc) is 2.16. The van der Waals surface area contributed by atoms with E-state index in [9.17, 15) is 0 Å². The number of halogens is 1.